The molecule has 0 atom stereocenters. The van der Waals surface area contributed by atoms with E-state index in [2.05, 4.69) is 4.90 Å². The number of anilines is 1. The van der Waals surface area contributed by atoms with Crippen molar-refractivity contribution in [1.29, 1.82) is 0 Å². The third-order valence-electron chi connectivity index (χ3n) is 4.50. The molecule has 1 heterocycles. The number of hydrogen-bond acceptors (Lipinski definition) is 2. The minimum absolute atomic E-state index is 0.421. The highest BCUT2D eigenvalue weighted by Crippen LogP contribution is 2.34. The summed E-state index contributed by atoms with van der Waals surface area (Å²) in [5, 5.41) is 9.09. The molecular weight excluding hydrogens is 238 g/mol. The number of benzene rings is 1. The van der Waals surface area contributed by atoms with Crippen LogP contribution in [0, 0.1) is 0 Å². The van der Waals surface area contributed by atoms with E-state index in [1.54, 1.807) is 6.07 Å². The van der Waals surface area contributed by atoms with Crippen molar-refractivity contribution in [2.75, 3.05) is 11.4 Å². The highest BCUT2D eigenvalue weighted by atomic mass is 16.4. The summed E-state index contributed by atoms with van der Waals surface area (Å²) < 4.78 is 0. The van der Waals surface area contributed by atoms with E-state index in [1.807, 2.05) is 12.1 Å². The van der Waals surface area contributed by atoms with E-state index in [9.17, 15) is 4.79 Å². The number of carboxylic acid groups (broad SMARTS) is 1. The van der Waals surface area contributed by atoms with Crippen LogP contribution in [0.25, 0.3) is 0 Å². The lowest BCUT2D eigenvalue weighted by molar-refractivity contribution is 0.0697. The van der Waals surface area contributed by atoms with E-state index in [0.29, 0.717) is 11.6 Å². The molecule has 1 N–H and O–H groups in total. The van der Waals surface area contributed by atoms with Gasteiger partial charge in [0.2, 0.25) is 0 Å². The van der Waals surface area contributed by atoms with E-state index >= 15 is 0 Å². The molecule has 3 rings (SSSR count). The van der Waals surface area contributed by atoms with Gasteiger partial charge in [0.25, 0.3) is 0 Å². The fraction of sp³-hybridized carbons (Fsp3) is 0.562. The van der Waals surface area contributed by atoms with Crippen LogP contribution in [0.3, 0.4) is 0 Å². The maximum Gasteiger partial charge on any atom is 0.335 e. The molecule has 1 aromatic rings. The van der Waals surface area contributed by atoms with E-state index in [0.717, 1.165) is 19.4 Å². The molecular formula is C16H21NO2. The van der Waals surface area contributed by atoms with Crippen LogP contribution in [0.5, 0.6) is 0 Å². The van der Waals surface area contributed by atoms with Gasteiger partial charge in [-0.05, 0) is 49.4 Å². The summed E-state index contributed by atoms with van der Waals surface area (Å²) in [6.07, 6.45) is 8.79. The van der Waals surface area contributed by atoms with Gasteiger partial charge in [0.15, 0.2) is 0 Å². The zero-order chi connectivity index (χ0) is 13.2. The molecule has 0 bridgehead atoms. The molecule has 102 valence electrons. The van der Waals surface area contributed by atoms with Crippen LogP contribution in [0.4, 0.5) is 5.69 Å². The van der Waals surface area contributed by atoms with Gasteiger partial charge >= 0.3 is 5.97 Å². The lowest BCUT2D eigenvalue weighted by Crippen LogP contribution is -2.40. The molecule has 1 aromatic carbocycles. The van der Waals surface area contributed by atoms with Gasteiger partial charge in [-0.25, -0.2) is 4.79 Å². The topological polar surface area (TPSA) is 40.5 Å². The van der Waals surface area contributed by atoms with Gasteiger partial charge in [-0.2, -0.15) is 0 Å². The number of hydrogen-bond donors (Lipinski definition) is 1. The first-order valence-corrected chi connectivity index (χ1v) is 7.38. The Hall–Kier alpha value is -1.51. The predicted octanol–water partition coefficient (Wildman–Crippen LogP) is 3.47. The minimum atomic E-state index is -0.822. The Labute approximate surface area is 114 Å². The van der Waals surface area contributed by atoms with Crippen LogP contribution in [0.2, 0.25) is 0 Å². The molecule has 0 saturated heterocycles. The zero-order valence-corrected chi connectivity index (χ0v) is 11.3. The monoisotopic (exact) mass is 259 g/mol. The number of rotatable bonds is 2. The van der Waals surface area contributed by atoms with Crippen LogP contribution in [0.15, 0.2) is 18.2 Å². The Morgan fingerprint density at radius 1 is 1.16 bits per heavy atom. The standard InChI is InChI=1S/C16H21NO2/c18-16(19)13-8-9-15-12(11-13)5-4-10-17(15)14-6-2-1-3-7-14/h8-9,11,14H,1-7,10H2,(H,18,19). The van der Waals surface area contributed by atoms with Crippen LogP contribution in [0.1, 0.15) is 54.4 Å². The average molecular weight is 259 g/mol. The maximum absolute atomic E-state index is 11.1. The molecule has 0 spiro atoms. The molecule has 0 radical (unpaired) electrons. The molecule has 0 aromatic heterocycles. The molecule has 19 heavy (non-hydrogen) atoms. The Balaban J connectivity index is 1.89. The zero-order valence-electron chi connectivity index (χ0n) is 11.3. The van der Waals surface area contributed by atoms with E-state index in [4.69, 9.17) is 5.11 Å². The first-order chi connectivity index (χ1) is 9.25. The van der Waals surface area contributed by atoms with Gasteiger partial charge in [-0.1, -0.05) is 19.3 Å². The molecule has 3 nitrogen and oxygen atoms in total. The summed E-state index contributed by atoms with van der Waals surface area (Å²) in [4.78, 5) is 13.6. The molecule has 1 saturated carbocycles. The van der Waals surface area contributed by atoms with Gasteiger partial charge in [-0.3, -0.25) is 0 Å². The average Bonchev–Trinajstić information content (AvgIpc) is 2.47. The van der Waals surface area contributed by atoms with E-state index in [1.165, 1.54) is 43.4 Å². The Morgan fingerprint density at radius 2 is 1.95 bits per heavy atom. The second kappa shape index (κ2) is 5.24. The molecule has 1 aliphatic carbocycles. The second-order valence-electron chi connectivity index (χ2n) is 5.74. The van der Waals surface area contributed by atoms with Crippen molar-refractivity contribution in [2.24, 2.45) is 0 Å². The number of aromatic carboxylic acids is 1. The summed E-state index contributed by atoms with van der Waals surface area (Å²) in [6, 6.07) is 6.31. The van der Waals surface area contributed by atoms with Crippen molar-refractivity contribution in [3.8, 4) is 0 Å². The molecule has 1 aliphatic heterocycles. The summed E-state index contributed by atoms with van der Waals surface area (Å²) in [6.45, 7) is 1.13. The highest BCUT2D eigenvalue weighted by molar-refractivity contribution is 5.88. The first kappa shape index (κ1) is 12.5. The Kier molecular flexibility index (Phi) is 3.45. The number of fused-ring (bicyclic) bond motifs is 1. The van der Waals surface area contributed by atoms with Crippen molar-refractivity contribution in [3.63, 3.8) is 0 Å². The fourth-order valence-electron chi connectivity index (χ4n) is 3.53. The molecule has 0 amide bonds. The Bertz CT molecular complexity index is 478. The lowest BCUT2D eigenvalue weighted by atomic mass is 9.90. The number of nitrogens with zero attached hydrogens (tertiary/aromatic N) is 1. The largest absolute Gasteiger partial charge is 0.478 e. The highest BCUT2D eigenvalue weighted by Gasteiger charge is 2.26. The van der Waals surface area contributed by atoms with Crippen LogP contribution < -0.4 is 4.90 Å². The third-order valence-corrected chi connectivity index (χ3v) is 4.50. The van der Waals surface area contributed by atoms with Gasteiger partial charge < -0.3 is 10.0 Å². The summed E-state index contributed by atoms with van der Waals surface area (Å²) in [7, 11) is 0. The van der Waals surface area contributed by atoms with E-state index < -0.39 is 5.97 Å². The van der Waals surface area contributed by atoms with Crippen molar-refractivity contribution in [2.45, 2.75) is 51.0 Å². The Morgan fingerprint density at radius 3 is 2.68 bits per heavy atom. The predicted molar refractivity (Wildman–Crippen MR) is 75.9 cm³/mol. The smallest absolute Gasteiger partial charge is 0.335 e. The van der Waals surface area contributed by atoms with Crippen molar-refractivity contribution in [3.05, 3.63) is 29.3 Å². The van der Waals surface area contributed by atoms with Crippen LogP contribution >= 0.6 is 0 Å². The summed E-state index contributed by atoms with van der Waals surface area (Å²) in [5.41, 5.74) is 2.92. The second-order valence-corrected chi connectivity index (χ2v) is 5.74. The van der Waals surface area contributed by atoms with Gasteiger partial charge in [0.05, 0.1) is 5.56 Å². The summed E-state index contributed by atoms with van der Waals surface area (Å²) >= 11 is 0. The maximum atomic E-state index is 11.1. The van der Waals surface area contributed by atoms with Crippen molar-refractivity contribution < 1.29 is 9.90 Å². The van der Waals surface area contributed by atoms with E-state index in [-0.39, 0.29) is 0 Å². The van der Waals surface area contributed by atoms with Crippen molar-refractivity contribution >= 4 is 11.7 Å². The molecule has 1 fully saturated rings. The van der Waals surface area contributed by atoms with Gasteiger partial charge in [0.1, 0.15) is 0 Å². The van der Waals surface area contributed by atoms with Crippen LogP contribution in [-0.2, 0) is 6.42 Å². The minimum Gasteiger partial charge on any atom is -0.478 e. The molecule has 2 aliphatic rings. The quantitative estimate of drug-likeness (QED) is 0.884. The third kappa shape index (κ3) is 2.46. The molecule has 0 unspecified atom stereocenters. The summed E-state index contributed by atoms with van der Waals surface area (Å²) in [5.74, 6) is -0.822. The number of aryl methyl sites for hydroxylation is 1. The number of carboxylic acids is 1. The van der Waals surface area contributed by atoms with Crippen LogP contribution in [-0.4, -0.2) is 23.7 Å². The van der Waals surface area contributed by atoms with Crippen molar-refractivity contribution in [1.82, 2.24) is 0 Å². The fourth-order valence-corrected chi connectivity index (χ4v) is 3.53. The SMILES string of the molecule is O=C(O)c1ccc2c(c1)CCCN2C1CCCCC1. The lowest BCUT2D eigenvalue weighted by Gasteiger charge is -2.40. The first-order valence-electron chi connectivity index (χ1n) is 7.38. The normalized spacial score (nSPS) is 20.1. The van der Waals surface area contributed by atoms with Gasteiger partial charge in [0, 0.05) is 18.3 Å². The number of carbonyl (C=O) groups is 1. The molecule has 3 heteroatoms. The van der Waals surface area contributed by atoms with Gasteiger partial charge in [-0.15, -0.1) is 0 Å².